The van der Waals surface area contributed by atoms with Crippen LogP contribution in [0.15, 0.2) is 53.1 Å². The van der Waals surface area contributed by atoms with Gasteiger partial charge in [0.25, 0.3) is 0 Å². The molecule has 2 atom stereocenters. The van der Waals surface area contributed by atoms with Crippen LogP contribution in [0.2, 0.25) is 0 Å². The second-order valence-electron chi connectivity index (χ2n) is 8.28. The molecule has 4 nitrogen and oxygen atoms in total. The van der Waals surface area contributed by atoms with Crippen molar-refractivity contribution in [2.45, 2.75) is 24.9 Å². The van der Waals surface area contributed by atoms with Crippen molar-refractivity contribution in [3.63, 3.8) is 0 Å². The lowest BCUT2D eigenvalue weighted by Gasteiger charge is -2.41. The highest BCUT2D eigenvalue weighted by atomic mass is 16.3. The molecule has 6 rings (SSSR count). The van der Waals surface area contributed by atoms with Crippen molar-refractivity contribution >= 4 is 22.3 Å². The van der Waals surface area contributed by atoms with Gasteiger partial charge in [0.1, 0.15) is 5.58 Å². The maximum atomic E-state index is 5.76. The van der Waals surface area contributed by atoms with Gasteiger partial charge in [-0.1, -0.05) is 30.3 Å². The van der Waals surface area contributed by atoms with E-state index in [1.807, 2.05) is 0 Å². The summed E-state index contributed by atoms with van der Waals surface area (Å²) < 4.78 is 5.76. The maximum Gasteiger partial charge on any atom is 0.138 e. The number of likely N-dealkylation sites (tertiary alicyclic amines) is 1. The van der Waals surface area contributed by atoms with E-state index in [9.17, 15) is 0 Å². The smallest absolute Gasteiger partial charge is 0.138 e. The molecule has 4 heterocycles. The molecule has 0 radical (unpaired) electrons. The number of benzene rings is 2. The summed E-state index contributed by atoms with van der Waals surface area (Å²) in [6.45, 7) is 5.56. The SMILES string of the molecule is CN1CCN2c3c(cccc31)C1CN(Cc3cccc4ccoc34)CCC12. The minimum atomic E-state index is 0.621. The van der Waals surface area contributed by atoms with Crippen molar-refractivity contribution in [3.8, 4) is 0 Å². The normalized spacial score (nSPS) is 24.3. The van der Waals surface area contributed by atoms with Gasteiger partial charge in [-0.2, -0.15) is 0 Å². The number of hydrogen-bond donors (Lipinski definition) is 0. The van der Waals surface area contributed by atoms with Crippen molar-refractivity contribution in [2.75, 3.05) is 43.0 Å². The quantitative estimate of drug-likeness (QED) is 0.688. The number of rotatable bonds is 2. The van der Waals surface area contributed by atoms with Crippen LogP contribution < -0.4 is 9.80 Å². The van der Waals surface area contributed by atoms with Crippen LogP contribution >= 0.6 is 0 Å². The van der Waals surface area contributed by atoms with E-state index in [1.54, 1.807) is 11.8 Å². The fraction of sp³-hybridized carbons (Fsp3) is 0.391. The molecule has 2 unspecified atom stereocenters. The first-order chi connectivity index (χ1) is 13.3. The molecular formula is C23H25N3O. The Morgan fingerprint density at radius 3 is 2.93 bits per heavy atom. The molecule has 0 amide bonds. The topological polar surface area (TPSA) is 22.9 Å². The van der Waals surface area contributed by atoms with Crippen LogP contribution in [0.5, 0.6) is 0 Å². The lowest BCUT2D eigenvalue weighted by atomic mass is 9.88. The van der Waals surface area contributed by atoms with Gasteiger partial charge in [0, 0.05) is 62.7 Å². The number of anilines is 2. The van der Waals surface area contributed by atoms with Crippen LogP contribution in [0, 0.1) is 0 Å². The van der Waals surface area contributed by atoms with Crippen LogP contribution in [0.3, 0.4) is 0 Å². The van der Waals surface area contributed by atoms with Gasteiger partial charge in [-0.05, 0) is 24.1 Å². The van der Waals surface area contributed by atoms with Crippen molar-refractivity contribution in [1.29, 1.82) is 0 Å². The second-order valence-corrected chi connectivity index (χ2v) is 8.28. The molecule has 138 valence electrons. The lowest BCUT2D eigenvalue weighted by Crippen LogP contribution is -2.49. The summed E-state index contributed by atoms with van der Waals surface area (Å²) in [4.78, 5) is 7.75. The summed E-state index contributed by atoms with van der Waals surface area (Å²) in [5, 5.41) is 1.21. The Bertz CT molecular complexity index is 1010. The molecule has 0 N–H and O–H groups in total. The average molecular weight is 359 g/mol. The van der Waals surface area contributed by atoms with Gasteiger partial charge in [-0.3, -0.25) is 4.90 Å². The van der Waals surface area contributed by atoms with Crippen molar-refractivity contribution in [2.24, 2.45) is 0 Å². The van der Waals surface area contributed by atoms with Crippen LogP contribution in [0.4, 0.5) is 11.4 Å². The van der Waals surface area contributed by atoms with Gasteiger partial charge in [-0.15, -0.1) is 0 Å². The molecule has 0 saturated carbocycles. The summed E-state index contributed by atoms with van der Waals surface area (Å²) in [6, 6.07) is 16.1. The Balaban J connectivity index is 1.31. The molecule has 0 spiro atoms. The van der Waals surface area contributed by atoms with Crippen LogP contribution in [0.1, 0.15) is 23.5 Å². The highest BCUT2D eigenvalue weighted by Crippen LogP contribution is 2.50. The number of piperidine rings is 1. The number of likely N-dealkylation sites (N-methyl/N-ethyl adjacent to an activating group) is 1. The number of furan rings is 1. The largest absolute Gasteiger partial charge is 0.464 e. The van der Waals surface area contributed by atoms with E-state index in [4.69, 9.17) is 4.42 Å². The second kappa shape index (κ2) is 5.77. The molecule has 3 aliphatic heterocycles. The molecule has 1 saturated heterocycles. The zero-order valence-corrected chi connectivity index (χ0v) is 15.8. The third-order valence-corrected chi connectivity index (χ3v) is 6.84. The molecule has 2 aromatic carbocycles. The average Bonchev–Trinajstić information content (AvgIpc) is 3.29. The van der Waals surface area contributed by atoms with E-state index < -0.39 is 0 Å². The van der Waals surface area contributed by atoms with Crippen LogP contribution in [0.25, 0.3) is 11.0 Å². The van der Waals surface area contributed by atoms with Gasteiger partial charge in [0.05, 0.1) is 17.6 Å². The van der Waals surface area contributed by atoms with E-state index in [-0.39, 0.29) is 0 Å². The highest BCUT2D eigenvalue weighted by Gasteiger charge is 2.44. The molecule has 4 heteroatoms. The predicted octanol–water partition coefficient (Wildman–Crippen LogP) is 4.06. The van der Waals surface area contributed by atoms with E-state index in [1.165, 1.54) is 28.7 Å². The van der Waals surface area contributed by atoms with E-state index in [0.717, 1.165) is 38.3 Å². The molecule has 1 fully saturated rings. The summed E-state index contributed by atoms with van der Waals surface area (Å²) in [6.07, 6.45) is 3.05. The standard InChI is InChI=1S/C23H25N3O/c1-24-11-12-26-20-8-10-25(14-17-5-2-4-16-9-13-27-23(16)17)15-19(20)18-6-3-7-21(24)22(18)26/h2-7,9,13,19-20H,8,10-12,14-15H2,1H3. The summed E-state index contributed by atoms with van der Waals surface area (Å²) in [5.41, 5.74) is 6.85. The van der Waals surface area contributed by atoms with Gasteiger partial charge < -0.3 is 14.2 Å². The first-order valence-electron chi connectivity index (χ1n) is 10.1. The minimum Gasteiger partial charge on any atom is -0.464 e. The Morgan fingerprint density at radius 2 is 1.96 bits per heavy atom. The first kappa shape index (κ1) is 15.6. The number of hydrogen-bond acceptors (Lipinski definition) is 4. The summed E-state index contributed by atoms with van der Waals surface area (Å²) in [5.74, 6) is 0.621. The fourth-order valence-electron chi connectivity index (χ4n) is 5.54. The highest BCUT2D eigenvalue weighted by molar-refractivity contribution is 5.81. The third kappa shape index (κ3) is 2.26. The molecule has 27 heavy (non-hydrogen) atoms. The monoisotopic (exact) mass is 359 g/mol. The van der Waals surface area contributed by atoms with Gasteiger partial charge >= 0.3 is 0 Å². The predicted molar refractivity (Wildman–Crippen MR) is 110 cm³/mol. The van der Waals surface area contributed by atoms with Gasteiger partial charge in [0.15, 0.2) is 0 Å². The van der Waals surface area contributed by atoms with E-state index in [0.29, 0.717) is 12.0 Å². The maximum absolute atomic E-state index is 5.76. The zero-order valence-electron chi connectivity index (χ0n) is 15.8. The van der Waals surface area contributed by atoms with Crippen LogP contribution in [-0.4, -0.2) is 44.2 Å². The minimum absolute atomic E-state index is 0.621. The first-order valence-corrected chi connectivity index (χ1v) is 10.1. The van der Waals surface area contributed by atoms with E-state index in [2.05, 4.69) is 64.2 Å². The Labute approximate surface area is 160 Å². The summed E-state index contributed by atoms with van der Waals surface area (Å²) >= 11 is 0. The van der Waals surface area contributed by atoms with Crippen molar-refractivity contribution in [1.82, 2.24) is 4.90 Å². The molecule has 3 aromatic rings. The van der Waals surface area contributed by atoms with E-state index >= 15 is 0 Å². The van der Waals surface area contributed by atoms with Gasteiger partial charge in [-0.25, -0.2) is 0 Å². The summed E-state index contributed by atoms with van der Waals surface area (Å²) in [7, 11) is 2.23. The number of para-hydroxylation sites is 2. The molecule has 0 bridgehead atoms. The van der Waals surface area contributed by atoms with Crippen molar-refractivity contribution < 1.29 is 4.42 Å². The molecule has 3 aliphatic rings. The number of fused-ring (bicyclic) bond motifs is 4. The third-order valence-electron chi connectivity index (χ3n) is 6.84. The van der Waals surface area contributed by atoms with Crippen molar-refractivity contribution in [3.05, 3.63) is 59.9 Å². The Morgan fingerprint density at radius 1 is 1.04 bits per heavy atom. The van der Waals surface area contributed by atoms with Crippen LogP contribution in [-0.2, 0) is 6.54 Å². The fourth-order valence-corrected chi connectivity index (χ4v) is 5.54. The number of nitrogens with zero attached hydrogens (tertiary/aromatic N) is 3. The molecular weight excluding hydrogens is 334 g/mol. The molecule has 1 aromatic heterocycles. The Hall–Kier alpha value is -2.46. The van der Waals surface area contributed by atoms with Gasteiger partial charge in [0.2, 0.25) is 0 Å². The Kier molecular flexibility index (Phi) is 3.33. The molecule has 0 aliphatic carbocycles. The lowest BCUT2D eigenvalue weighted by molar-refractivity contribution is 0.186. The zero-order chi connectivity index (χ0) is 18.0.